The molecule has 2 amide bonds. The van der Waals surface area contributed by atoms with Gasteiger partial charge in [0, 0.05) is 12.8 Å². The summed E-state index contributed by atoms with van der Waals surface area (Å²) in [6.45, 7) is 0. The molecule has 0 aliphatic heterocycles. The van der Waals surface area contributed by atoms with Crippen LogP contribution in [0.3, 0.4) is 0 Å². The van der Waals surface area contributed by atoms with E-state index in [9.17, 15) is 9.59 Å². The van der Waals surface area contributed by atoms with E-state index in [2.05, 4.69) is 31.2 Å². The summed E-state index contributed by atoms with van der Waals surface area (Å²) in [4.78, 5) is 23.0. The molecule has 10 nitrogen and oxygen atoms in total. The molecule has 0 bridgehead atoms. The molecule has 0 aromatic carbocycles. The summed E-state index contributed by atoms with van der Waals surface area (Å²) in [6.07, 6.45) is 7.47. The normalized spacial score (nSPS) is 10.2. The lowest BCUT2D eigenvalue weighted by Gasteiger charge is -2.05. The van der Waals surface area contributed by atoms with E-state index in [1.807, 2.05) is 0 Å². The van der Waals surface area contributed by atoms with Crippen molar-refractivity contribution in [2.75, 3.05) is 10.9 Å². The van der Waals surface area contributed by atoms with Crippen molar-refractivity contribution in [1.82, 2.24) is 29.7 Å². The van der Waals surface area contributed by atoms with E-state index < -0.39 is 0 Å². The molecule has 0 spiro atoms. The summed E-state index contributed by atoms with van der Waals surface area (Å²) in [5, 5.41) is 14.3. The minimum absolute atomic E-state index is 0.149. The third-order valence-electron chi connectivity index (χ3n) is 2.40. The lowest BCUT2D eigenvalue weighted by Crippen LogP contribution is -2.22. The van der Waals surface area contributed by atoms with Crippen LogP contribution in [0.5, 0.6) is 0 Å². The van der Waals surface area contributed by atoms with E-state index in [4.69, 9.17) is 0 Å². The first-order valence-electron chi connectivity index (χ1n) is 6.03. The second-order valence-electron chi connectivity index (χ2n) is 4.02. The molecule has 2 N–H and O–H groups in total. The zero-order chi connectivity index (χ0) is 14.2. The molecule has 0 saturated heterocycles. The van der Waals surface area contributed by atoms with Crippen molar-refractivity contribution < 1.29 is 9.59 Å². The molecule has 0 unspecified atom stereocenters. The van der Waals surface area contributed by atoms with Gasteiger partial charge in [-0.3, -0.25) is 20.4 Å². The number of carbonyl (C=O) groups excluding carboxylic acids is 2. The number of carbonyl (C=O) groups is 2. The van der Waals surface area contributed by atoms with Crippen molar-refractivity contribution in [2.45, 2.75) is 25.7 Å². The fraction of sp³-hybridized carbons (Fsp3) is 0.400. The largest absolute Gasteiger partial charge is 0.273 e. The molecule has 2 aromatic heterocycles. The number of amides is 2. The summed E-state index contributed by atoms with van der Waals surface area (Å²) < 4.78 is 2.75. The summed E-state index contributed by atoms with van der Waals surface area (Å²) in [7, 11) is 0. The zero-order valence-electron chi connectivity index (χ0n) is 10.6. The van der Waals surface area contributed by atoms with Crippen molar-refractivity contribution in [3.05, 3.63) is 25.3 Å². The Kier molecular flexibility index (Phi) is 4.76. The lowest BCUT2D eigenvalue weighted by atomic mass is 10.2. The molecule has 2 heterocycles. The monoisotopic (exact) mass is 278 g/mol. The minimum Gasteiger partial charge on any atom is -0.273 e. The first-order valence-corrected chi connectivity index (χ1v) is 6.03. The Labute approximate surface area is 114 Å². The topological polar surface area (TPSA) is 120 Å². The molecule has 0 aliphatic carbocycles. The highest BCUT2D eigenvalue weighted by atomic mass is 16.2. The lowest BCUT2D eigenvalue weighted by molar-refractivity contribution is -0.119. The molecule has 0 radical (unpaired) electrons. The van der Waals surface area contributed by atoms with Gasteiger partial charge in [-0.25, -0.2) is 9.35 Å². The smallest absolute Gasteiger partial charge is 0.238 e. The molecule has 20 heavy (non-hydrogen) atoms. The number of hydrogen-bond donors (Lipinski definition) is 2. The van der Waals surface area contributed by atoms with Crippen LogP contribution < -0.4 is 10.9 Å². The van der Waals surface area contributed by atoms with Crippen LogP contribution in [0.1, 0.15) is 25.7 Å². The van der Waals surface area contributed by atoms with Crippen LogP contribution in [-0.2, 0) is 9.59 Å². The fourth-order valence-corrected chi connectivity index (χ4v) is 1.49. The second kappa shape index (κ2) is 6.97. The first-order chi connectivity index (χ1) is 9.74. The Morgan fingerprint density at radius 2 is 1.10 bits per heavy atom. The van der Waals surface area contributed by atoms with Gasteiger partial charge < -0.3 is 0 Å². The predicted molar refractivity (Wildman–Crippen MR) is 67.2 cm³/mol. The summed E-state index contributed by atoms with van der Waals surface area (Å²) in [5.41, 5.74) is 5.16. The maximum Gasteiger partial charge on any atom is 0.238 e. The molecule has 2 rings (SSSR count). The second-order valence-corrected chi connectivity index (χ2v) is 4.02. The Bertz CT molecular complexity index is 485. The van der Waals surface area contributed by atoms with Crippen molar-refractivity contribution in [2.24, 2.45) is 0 Å². The Morgan fingerprint density at radius 1 is 0.750 bits per heavy atom. The third kappa shape index (κ3) is 4.48. The van der Waals surface area contributed by atoms with Gasteiger partial charge in [0.05, 0.1) is 0 Å². The SMILES string of the molecule is O=C(CCCCC(=O)Nn1cnnc1)Nn1cnnc1. The highest BCUT2D eigenvalue weighted by molar-refractivity contribution is 5.84. The van der Waals surface area contributed by atoms with Crippen LogP contribution in [0, 0.1) is 0 Å². The molecule has 0 saturated carbocycles. The number of nitrogens with zero attached hydrogens (tertiary/aromatic N) is 6. The van der Waals surface area contributed by atoms with Gasteiger partial charge >= 0.3 is 0 Å². The van der Waals surface area contributed by atoms with Gasteiger partial charge in [-0.1, -0.05) is 0 Å². The Balaban J connectivity index is 1.57. The first kappa shape index (κ1) is 13.6. The van der Waals surface area contributed by atoms with Gasteiger partial charge in [-0.05, 0) is 12.8 Å². The maximum absolute atomic E-state index is 11.5. The van der Waals surface area contributed by atoms with E-state index in [-0.39, 0.29) is 11.8 Å². The third-order valence-corrected chi connectivity index (χ3v) is 2.40. The van der Waals surface area contributed by atoms with E-state index in [0.29, 0.717) is 25.7 Å². The molecule has 0 atom stereocenters. The van der Waals surface area contributed by atoms with Gasteiger partial charge in [0.1, 0.15) is 25.3 Å². The molecule has 2 aromatic rings. The van der Waals surface area contributed by atoms with Crippen molar-refractivity contribution >= 4 is 11.8 Å². The summed E-state index contributed by atoms with van der Waals surface area (Å²) in [5.74, 6) is -0.298. The minimum atomic E-state index is -0.149. The number of nitrogens with one attached hydrogen (secondary N) is 2. The predicted octanol–water partition coefficient (Wildman–Crippen LogP) is -0.730. The van der Waals surface area contributed by atoms with Crippen LogP contribution in [0.4, 0.5) is 0 Å². The Hall–Kier alpha value is -2.78. The zero-order valence-corrected chi connectivity index (χ0v) is 10.6. The average Bonchev–Trinajstić information content (AvgIpc) is 3.08. The highest BCUT2D eigenvalue weighted by Gasteiger charge is 2.05. The Morgan fingerprint density at radius 3 is 1.45 bits per heavy atom. The van der Waals surface area contributed by atoms with E-state index in [0.717, 1.165) is 0 Å². The van der Waals surface area contributed by atoms with Gasteiger partial charge in [-0.15, -0.1) is 20.4 Å². The highest BCUT2D eigenvalue weighted by Crippen LogP contribution is 2.00. The number of aromatic nitrogens is 6. The van der Waals surface area contributed by atoms with Crippen LogP contribution >= 0.6 is 0 Å². The van der Waals surface area contributed by atoms with E-state index >= 15 is 0 Å². The maximum atomic E-state index is 11.5. The van der Waals surface area contributed by atoms with Crippen LogP contribution in [0.25, 0.3) is 0 Å². The molecule has 106 valence electrons. The number of unbranched alkanes of at least 4 members (excludes halogenated alkanes) is 1. The van der Waals surface area contributed by atoms with E-state index in [1.54, 1.807) is 0 Å². The van der Waals surface area contributed by atoms with Gasteiger partial charge in [0.25, 0.3) is 0 Å². The molecule has 0 aliphatic rings. The van der Waals surface area contributed by atoms with Crippen molar-refractivity contribution in [3.63, 3.8) is 0 Å². The van der Waals surface area contributed by atoms with Crippen molar-refractivity contribution in [3.8, 4) is 0 Å². The van der Waals surface area contributed by atoms with Gasteiger partial charge in [0.2, 0.25) is 11.8 Å². The molecular weight excluding hydrogens is 264 g/mol. The summed E-state index contributed by atoms with van der Waals surface area (Å²) in [6, 6.07) is 0. The van der Waals surface area contributed by atoms with Gasteiger partial charge in [0.15, 0.2) is 0 Å². The standard InChI is InChI=1S/C10H14N8O2/c19-9(15-17-5-11-12-6-17)3-1-2-4-10(20)16-18-7-13-14-8-18/h5-8H,1-4H2,(H,15,19)(H,16,20). The van der Waals surface area contributed by atoms with Gasteiger partial charge in [-0.2, -0.15) is 0 Å². The van der Waals surface area contributed by atoms with Crippen molar-refractivity contribution in [1.29, 1.82) is 0 Å². The average molecular weight is 278 g/mol. The molecular formula is C10H14N8O2. The molecule has 0 fully saturated rings. The van der Waals surface area contributed by atoms with E-state index in [1.165, 1.54) is 34.7 Å². The quantitative estimate of drug-likeness (QED) is 0.644. The van der Waals surface area contributed by atoms with Crippen LogP contribution in [0.2, 0.25) is 0 Å². The number of rotatable bonds is 7. The summed E-state index contributed by atoms with van der Waals surface area (Å²) >= 11 is 0. The fourth-order valence-electron chi connectivity index (χ4n) is 1.49. The number of hydrogen-bond acceptors (Lipinski definition) is 6. The van der Waals surface area contributed by atoms with Crippen LogP contribution in [-0.4, -0.2) is 41.6 Å². The van der Waals surface area contributed by atoms with Crippen LogP contribution in [0.15, 0.2) is 25.3 Å². The molecule has 10 heteroatoms.